The van der Waals surface area contributed by atoms with Gasteiger partial charge >= 0.3 is 6.03 Å². The van der Waals surface area contributed by atoms with Crippen LogP contribution in [0, 0.1) is 5.82 Å². The zero-order chi connectivity index (χ0) is 22.0. The van der Waals surface area contributed by atoms with E-state index in [0.29, 0.717) is 31.0 Å². The van der Waals surface area contributed by atoms with Gasteiger partial charge in [0.05, 0.1) is 31.0 Å². The summed E-state index contributed by atoms with van der Waals surface area (Å²) in [6.07, 6.45) is 1.91. The van der Waals surface area contributed by atoms with E-state index in [2.05, 4.69) is 5.32 Å². The first-order chi connectivity index (χ1) is 14.9. The number of benzene rings is 2. The maximum Gasteiger partial charge on any atom is 0.322 e. The van der Waals surface area contributed by atoms with Crippen molar-refractivity contribution in [2.45, 2.75) is 44.9 Å². The molecule has 4 rings (SSSR count). The number of halogens is 1. The van der Waals surface area contributed by atoms with Crippen LogP contribution in [0.4, 0.5) is 20.6 Å². The van der Waals surface area contributed by atoms with Crippen LogP contribution in [0.3, 0.4) is 0 Å². The highest BCUT2D eigenvalue weighted by Crippen LogP contribution is 2.34. The zero-order valence-electron chi connectivity index (χ0n) is 18.3. The topological polar surface area (TPSA) is 54.0 Å². The Kier molecular flexibility index (Phi) is 6.32. The van der Waals surface area contributed by atoms with E-state index in [4.69, 9.17) is 9.47 Å². The number of nitrogens with one attached hydrogen (secondary N) is 1. The maximum absolute atomic E-state index is 14.9. The molecule has 0 bridgehead atoms. The number of rotatable bonds is 4. The number of anilines is 2. The van der Waals surface area contributed by atoms with Crippen molar-refractivity contribution in [1.29, 1.82) is 0 Å². The van der Waals surface area contributed by atoms with Crippen LogP contribution < -0.4 is 15.0 Å². The molecule has 0 radical (unpaired) electrons. The highest BCUT2D eigenvalue weighted by atomic mass is 19.1. The number of morpholine rings is 1. The Balaban J connectivity index is 1.46. The molecule has 2 heterocycles. The molecule has 0 unspecified atom stereocenters. The van der Waals surface area contributed by atoms with Crippen LogP contribution in [0.25, 0.3) is 0 Å². The number of carbonyl (C=O) groups excluding carboxylic acids is 1. The number of carbonyl (C=O) groups is 1. The van der Waals surface area contributed by atoms with Gasteiger partial charge in [-0.05, 0) is 62.6 Å². The number of nitrogens with zero attached hydrogens (tertiary/aromatic N) is 2. The van der Waals surface area contributed by atoms with E-state index in [9.17, 15) is 9.18 Å². The van der Waals surface area contributed by atoms with Crippen LogP contribution >= 0.6 is 0 Å². The zero-order valence-corrected chi connectivity index (χ0v) is 18.3. The Bertz CT molecular complexity index is 928. The average molecular weight is 428 g/mol. The maximum atomic E-state index is 14.9. The van der Waals surface area contributed by atoms with Crippen molar-refractivity contribution < 1.29 is 18.7 Å². The molecule has 2 aromatic carbocycles. The van der Waals surface area contributed by atoms with Gasteiger partial charge in [-0.2, -0.15) is 0 Å². The third kappa shape index (κ3) is 4.77. The van der Waals surface area contributed by atoms with Crippen molar-refractivity contribution in [3.8, 4) is 5.75 Å². The molecule has 2 fully saturated rings. The summed E-state index contributed by atoms with van der Waals surface area (Å²) in [5.41, 5.74) is 2.04. The predicted octanol–water partition coefficient (Wildman–Crippen LogP) is 4.82. The number of hydrogen-bond donors (Lipinski definition) is 1. The van der Waals surface area contributed by atoms with E-state index in [-0.39, 0.29) is 30.1 Å². The SMILES string of the molecule is COc1cccc([C@H]2CCCN2C(=O)Nc2ccc(N3C[C@@H](C)O[C@@H](C)C3)c(F)c2)c1. The number of urea groups is 1. The Morgan fingerprint density at radius 1 is 1.16 bits per heavy atom. The second-order valence-corrected chi connectivity index (χ2v) is 8.39. The first-order valence-electron chi connectivity index (χ1n) is 10.9. The van der Waals surface area contributed by atoms with Gasteiger partial charge in [0.15, 0.2) is 0 Å². The minimum atomic E-state index is -0.343. The van der Waals surface area contributed by atoms with Crippen LogP contribution in [0.1, 0.15) is 38.3 Å². The van der Waals surface area contributed by atoms with Crippen LogP contribution in [-0.2, 0) is 4.74 Å². The quantitative estimate of drug-likeness (QED) is 0.760. The fraction of sp³-hybridized carbons (Fsp3) is 0.458. The molecule has 0 spiro atoms. The summed E-state index contributed by atoms with van der Waals surface area (Å²) in [4.78, 5) is 16.8. The number of likely N-dealkylation sites (tertiary alicyclic amines) is 1. The van der Waals surface area contributed by atoms with Crippen molar-refractivity contribution in [2.24, 2.45) is 0 Å². The second-order valence-electron chi connectivity index (χ2n) is 8.39. The van der Waals surface area contributed by atoms with E-state index in [1.807, 2.05) is 47.9 Å². The Hall–Kier alpha value is -2.80. The molecule has 2 amide bonds. The fourth-order valence-corrected chi connectivity index (χ4v) is 4.62. The summed E-state index contributed by atoms with van der Waals surface area (Å²) in [7, 11) is 1.63. The van der Waals surface area contributed by atoms with Crippen LogP contribution in [0.15, 0.2) is 42.5 Å². The molecule has 166 valence electrons. The van der Waals surface area contributed by atoms with Crippen molar-refractivity contribution >= 4 is 17.4 Å². The molecule has 0 aliphatic carbocycles. The van der Waals surface area contributed by atoms with Crippen LogP contribution in [0.2, 0.25) is 0 Å². The molecule has 2 aromatic rings. The molecule has 0 saturated carbocycles. The van der Waals surface area contributed by atoms with Gasteiger partial charge in [-0.1, -0.05) is 12.1 Å². The molecule has 0 aromatic heterocycles. The Morgan fingerprint density at radius 2 is 1.94 bits per heavy atom. The van der Waals surface area contributed by atoms with Crippen molar-refractivity contribution in [3.63, 3.8) is 0 Å². The van der Waals surface area contributed by atoms with Crippen molar-refractivity contribution in [2.75, 3.05) is 37.0 Å². The number of hydrogen-bond acceptors (Lipinski definition) is 4. The van der Waals surface area contributed by atoms with Crippen molar-refractivity contribution in [1.82, 2.24) is 4.90 Å². The molecule has 31 heavy (non-hydrogen) atoms. The largest absolute Gasteiger partial charge is 0.497 e. The molecule has 2 saturated heterocycles. The lowest BCUT2D eigenvalue weighted by Crippen LogP contribution is -2.45. The standard InChI is InChI=1S/C24H30FN3O3/c1-16-14-27(15-17(2)31-16)23-10-9-19(13-21(23)25)26-24(29)28-11-5-8-22(28)18-6-4-7-20(12-18)30-3/h4,6-7,9-10,12-13,16-17,22H,5,8,11,14-15H2,1-3H3,(H,26,29)/t16-,17+,22-/m1/s1. The fourth-order valence-electron chi connectivity index (χ4n) is 4.62. The summed E-state index contributed by atoms with van der Waals surface area (Å²) >= 11 is 0. The molecular weight excluding hydrogens is 397 g/mol. The lowest BCUT2D eigenvalue weighted by atomic mass is 10.0. The third-order valence-corrected chi connectivity index (χ3v) is 5.95. The van der Waals surface area contributed by atoms with Gasteiger partial charge in [0.2, 0.25) is 0 Å². The van der Waals surface area contributed by atoms with Gasteiger partial charge in [-0.15, -0.1) is 0 Å². The molecule has 2 aliphatic rings. The highest BCUT2D eigenvalue weighted by molar-refractivity contribution is 5.90. The molecule has 1 N–H and O–H groups in total. The minimum absolute atomic E-state index is 0.0180. The normalized spacial score (nSPS) is 23.7. The Morgan fingerprint density at radius 3 is 2.65 bits per heavy atom. The van der Waals surface area contributed by atoms with Crippen LogP contribution in [-0.4, -0.2) is 49.9 Å². The summed E-state index contributed by atoms with van der Waals surface area (Å²) in [6.45, 7) is 5.93. The predicted molar refractivity (Wildman–Crippen MR) is 119 cm³/mol. The number of ether oxygens (including phenoxy) is 2. The summed E-state index contributed by atoms with van der Waals surface area (Å²) in [5, 5.41) is 2.87. The van der Waals surface area contributed by atoms with Gasteiger partial charge in [-0.25, -0.2) is 9.18 Å². The van der Waals surface area contributed by atoms with E-state index in [1.54, 1.807) is 19.2 Å². The molecule has 3 atom stereocenters. The summed E-state index contributed by atoms with van der Waals surface area (Å²) < 4.78 is 25.9. The highest BCUT2D eigenvalue weighted by Gasteiger charge is 2.30. The summed E-state index contributed by atoms with van der Waals surface area (Å²) in [6, 6.07) is 12.5. The smallest absolute Gasteiger partial charge is 0.322 e. The average Bonchev–Trinajstić information content (AvgIpc) is 3.23. The molecular formula is C24H30FN3O3. The van der Waals surface area contributed by atoms with E-state index in [1.165, 1.54) is 6.07 Å². The van der Waals surface area contributed by atoms with Gasteiger partial charge in [0.25, 0.3) is 0 Å². The van der Waals surface area contributed by atoms with Crippen LogP contribution in [0.5, 0.6) is 5.75 Å². The number of amides is 2. The lowest BCUT2D eigenvalue weighted by Gasteiger charge is -2.37. The van der Waals surface area contributed by atoms with E-state index >= 15 is 0 Å². The minimum Gasteiger partial charge on any atom is -0.497 e. The first kappa shape index (κ1) is 21.4. The monoisotopic (exact) mass is 427 g/mol. The first-order valence-corrected chi connectivity index (χ1v) is 10.9. The third-order valence-electron chi connectivity index (χ3n) is 5.95. The van der Waals surface area contributed by atoms with E-state index < -0.39 is 0 Å². The van der Waals surface area contributed by atoms with Gasteiger partial charge < -0.3 is 24.6 Å². The molecule has 7 heteroatoms. The number of methoxy groups -OCH3 is 1. The lowest BCUT2D eigenvalue weighted by molar-refractivity contribution is -0.00539. The molecule has 6 nitrogen and oxygen atoms in total. The Labute approximate surface area is 182 Å². The summed E-state index contributed by atoms with van der Waals surface area (Å²) in [5.74, 6) is 0.430. The van der Waals surface area contributed by atoms with Gasteiger partial charge in [0, 0.05) is 25.3 Å². The van der Waals surface area contributed by atoms with Crippen molar-refractivity contribution in [3.05, 3.63) is 53.8 Å². The van der Waals surface area contributed by atoms with Gasteiger partial charge in [-0.3, -0.25) is 0 Å². The van der Waals surface area contributed by atoms with Gasteiger partial charge in [0.1, 0.15) is 11.6 Å². The van der Waals surface area contributed by atoms with E-state index in [0.717, 1.165) is 24.2 Å². The second kappa shape index (κ2) is 9.14. The molecule has 2 aliphatic heterocycles.